The molecule has 0 radical (unpaired) electrons. The Bertz CT molecular complexity index is 370. The van der Waals surface area contributed by atoms with Crippen LogP contribution in [0.4, 0.5) is 0 Å². The zero-order valence-electron chi connectivity index (χ0n) is 7.83. The van der Waals surface area contributed by atoms with E-state index in [1.165, 1.54) is 0 Å². The SMILES string of the molecule is C[C@H](N)C(=O)Oc1cc(I)c(O)c(I)c1. The maximum Gasteiger partial charge on any atom is 0.328 e. The highest BCUT2D eigenvalue weighted by Gasteiger charge is 2.12. The van der Waals surface area contributed by atoms with Crippen molar-refractivity contribution >= 4 is 51.2 Å². The molecule has 0 aliphatic carbocycles. The summed E-state index contributed by atoms with van der Waals surface area (Å²) in [7, 11) is 0. The van der Waals surface area contributed by atoms with E-state index in [0.29, 0.717) is 12.9 Å². The van der Waals surface area contributed by atoms with Crippen LogP contribution in [0.15, 0.2) is 12.1 Å². The van der Waals surface area contributed by atoms with Crippen molar-refractivity contribution in [3.8, 4) is 11.5 Å². The van der Waals surface area contributed by atoms with Crippen molar-refractivity contribution in [2.24, 2.45) is 5.73 Å². The number of hydrogen-bond donors (Lipinski definition) is 2. The predicted molar refractivity (Wildman–Crippen MR) is 72.8 cm³/mol. The molecule has 4 nitrogen and oxygen atoms in total. The van der Waals surface area contributed by atoms with Crippen LogP contribution in [0.5, 0.6) is 11.5 Å². The number of esters is 1. The minimum Gasteiger partial charge on any atom is -0.506 e. The van der Waals surface area contributed by atoms with Gasteiger partial charge in [-0.05, 0) is 64.2 Å². The number of benzene rings is 1. The van der Waals surface area contributed by atoms with Gasteiger partial charge in [0.25, 0.3) is 0 Å². The molecule has 3 N–H and O–H groups in total. The van der Waals surface area contributed by atoms with Crippen LogP contribution in [0.3, 0.4) is 0 Å². The van der Waals surface area contributed by atoms with Crippen LogP contribution in [-0.4, -0.2) is 17.1 Å². The molecule has 0 saturated carbocycles. The fourth-order valence-electron chi connectivity index (χ4n) is 0.810. The van der Waals surface area contributed by atoms with Gasteiger partial charge in [-0.1, -0.05) is 0 Å². The molecular formula is C9H9I2NO3. The van der Waals surface area contributed by atoms with Crippen LogP contribution in [0.25, 0.3) is 0 Å². The Morgan fingerprint density at radius 2 is 1.93 bits per heavy atom. The molecule has 0 aliphatic heterocycles. The number of phenols is 1. The first kappa shape index (κ1) is 13.0. The molecule has 1 aromatic rings. The summed E-state index contributed by atoms with van der Waals surface area (Å²) in [6, 6.07) is 2.51. The maximum absolute atomic E-state index is 11.2. The van der Waals surface area contributed by atoms with Crippen LogP contribution >= 0.6 is 45.2 Å². The molecule has 6 heteroatoms. The second kappa shape index (κ2) is 5.30. The smallest absolute Gasteiger partial charge is 0.328 e. The van der Waals surface area contributed by atoms with Gasteiger partial charge in [0.05, 0.1) is 7.14 Å². The van der Waals surface area contributed by atoms with Gasteiger partial charge in [0.2, 0.25) is 0 Å². The lowest BCUT2D eigenvalue weighted by Crippen LogP contribution is -2.30. The molecule has 0 heterocycles. The van der Waals surface area contributed by atoms with E-state index in [-0.39, 0.29) is 5.75 Å². The lowest BCUT2D eigenvalue weighted by atomic mass is 10.3. The van der Waals surface area contributed by atoms with E-state index < -0.39 is 12.0 Å². The van der Waals surface area contributed by atoms with Crippen molar-refractivity contribution in [3.05, 3.63) is 19.3 Å². The minimum atomic E-state index is -0.658. The summed E-state index contributed by atoms with van der Waals surface area (Å²) in [5.41, 5.74) is 5.36. The Balaban J connectivity index is 2.93. The Morgan fingerprint density at radius 1 is 1.47 bits per heavy atom. The first-order valence-corrected chi connectivity index (χ1v) is 6.23. The Hall–Kier alpha value is -0.0900. The summed E-state index contributed by atoms with van der Waals surface area (Å²) < 4.78 is 6.27. The van der Waals surface area contributed by atoms with Crippen molar-refractivity contribution in [1.29, 1.82) is 0 Å². The van der Waals surface area contributed by atoms with Gasteiger partial charge in [0.15, 0.2) is 0 Å². The molecule has 0 amide bonds. The van der Waals surface area contributed by atoms with E-state index in [2.05, 4.69) is 0 Å². The normalized spacial score (nSPS) is 12.3. The molecule has 1 atom stereocenters. The van der Waals surface area contributed by atoms with Gasteiger partial charge in [-0.15, -0.1) is 0 Å². The standard InChI is InChI=1S/C9H9I2NO3/c1-4(12)9(14)15-5-2-6(10)8(13)7(11)3-5/h2-4,13H,12H2,1H3/t4-/m0/s1. The summed E-state index contributed by atoms with van der Waals surface area (Å²) in [4.78, 5) is 11.2. The molecule has 1 aromatic carbocycles. The molecule has 0 saturated heterocycles. The lowest BCUT2D eigenvalue weighted by molar-refractivity contribution is -0.135. The number of phenolic OH excluding ortho intramolecular Hbond substituents is 1. The Morgan fingerprint density at radius 3 is 2.33 bits per heavy atom. The Labute approximate surface area is 114 Å². The summed E-state index contributed by atoms with van der Waals surface area (Å²) in [6.45, 7) is 1.55. The molecule has 0 unspecified atom stereocenters. The van der Waals surface area contributed by atoms with E-state index in [4.69, 9.17) is 10.5 Å². The van der Waals surface area contributed by atoms with Gasteiger partial charge in [-0.3, -0.25) is 0 Å². The van der Waals surface area contributed by atoms with Gasteiger partial charge in [-0.2, -0.15) is 0 Å². The average Bonchev–Trinajstić information content (AvgIpc) is 2.13. The van der Waals surface area contributed by atoms with E-state index in [1.807, 2.05) is 45.2 Å². The molecule has 82 valence electrons. The fraction of sp³-hybridized carbons (Fsp3) is 0.222. The zero-order valence-corrected chi connectivity index (χ0v) is 12.1. The molecule has 0 aromatic heterocycles. The van der Waals surface area contributed by atoms with E-state index in [1.54, 1.807) is 19.1 Å². The average molecular weight is 433 g/mol. The first-order valence-electron chi connectivity index (χ1n) is 4.07. The molecule has 15 heavy (non-hydrogen) atoms. The van der Waals surface area contributed by atoms with Gasteiger partial charge >= 0.3 is 5.97 Å². The van der Waals surface area contributed by atoms with Crippen LogP contribution in [0, 0.1) is 7.14 Å². The molecular weight excluding hydrogens is 424 g/mol. The number of halogens is 2. The van der Waals surface area contributed by atoms with Gasteiger partial charge in [-0.25, -0.2) is 4.79 Å². The molecule has 0 spiro atoms. The van der Waals surface area contributed by atoms with E-state index in [0.717, 1.165) is 0 Å². The zero-order chi connectivity index (χ0) is 11.6. The van der Waals surface area contributed by atoms with Crippen LogP contribution in [-0.2, 0) is 4.79 Å². The molecule has 1 rings (SSSR count). The topological polar surface area (TPSA) is 72.6 Å². The highest BCUT2D eigenvalue weighted by atomic mass is 127. The number of carbonyl (C=O) groups excluding carboxylic acids is 1. The fourth-order valence-corrected chi connectivity index (χ4v) is 2.52. The predicted octanol–water partition coefficient (Wildman–Crippen LogP) is 1.85. The number of nitrogens with two attached hydrogens (primary N) is 1. The van der Waals surface area contributed by atoms with Crippen LogP contribution in [0.2, 0.25) is 0 Å². The van der Waals surface area contributed by atoms with Crippen molar-refractivity contribution in [2.45, 2.75) is 13.0 Å². The molecule has 0 bridgehead atoms. The van der Waals surface area contributed by atoms with Crippen molar-refractivity contribution in [3.63, 3.8) is 0 Å². The van der Waals surface area contributed by atoms with Gasteiger partial charge < -0.3 is 15.6 Å². The van der Waals surface area contributed by atoms with Crippen LogP contribution < -0.4 is 10.5 Å². The second-order valence-corrected chi connectivity index (χ2v) is 5.27. The third-order valence-corrected chi connectivity index (χ3v) is 3.23. The highest BCUT2D eigenvalue weighted by molar-refractivity contribution is 14.1. The van der Waals surface area contributed by atoms with Gasteiger partial charge in [0.1, 0.15) is 17.5 Å². The van der Waals surface area contributed by atoms with Crippen molar-refractivity contribution in [1.82, 2.24) is 0 Å². The number of aromatic hydroxyl groups is 1. The van der Waals surface area contributed by atoms with E-state index in [9.17, 15) is 9.90 Å². The second-order valence-electron chi connectivity index (χ2n) is 2.95. The lowest BCUT2D eigenvalue weighted by Gasteiger charge is -2.08. The molecule has 0 fully saturated rings. The van der Waals surface area contributed by atoms with Gasteiger partial charge in [0, 0.05) is 0 Å². The minimum absolute atomic E-state index is 0.191. The summed E-state index contributed by atoms with van der Waals surface area (Å²) in [5, 5.41) is 9.49. The first-order chi connectivity index (χ1) is 6.91. The third-order valence-electron chi connectivity index (χ3n) is 1.58. The number of rotatable bonds is 2. The summed E-state index contributed by atoms with van der Waals surface area (Å²) in [5.74, 6) is 0.0907. The number of ether oxygens (including phenoxy) is 1. The highest BCUT2D eigenvalue weighted by Crippen LogP contribution is 2.30. The summed E-state index contributed by atoms with van der Waals surface area (Å²) in [6.07, 6.45) is 0. The maximum atomic E-state index is 11.2. The Kier molecular flexibility index (Phi) is 4.59. The number of carbonyl (C=O) groups is 1. The monoisotopic (exact) mass is 433 g/mol. The van der Waals surface area contributed by atoms with Crippen molar-refractivity contribution < 1.29 is 14.6 Å². The summed E-state index contributed by atoms with van der Waals surface area (Å²) >= 11 is 3.92. The largest absolute Gasteiger partial charge is 0.506 e. The number of hydrogen-bond acceptors (Lipinski definition) is 4. The van der Waals surface area contributed by atoms with E-state index >= 15 is 0 Å². The molecule has 0 aliphatic rings. The van der Waals surface area contributed by atoms with Crippen molar-refractivity contribution in [2.75, 3.05) is 0 Å². The third kappa shape index (κ3) is 3.45. The van der Waals surface area contributed by atoms with Crippen LogP contribution in [0.1, 0.15) is 6.92 Å². The quantitative estimate of drug-likeness (QED) is 0.425.